The summed E-state index contributed by atoms with van der Waals surface area (Å²) in [6.07, 6.45) is 0. The Labute approximate surface area is 259 Å². The summed E-state index contributed by atoms with van der Waals surface area (Å²) in [6.45, 7) is 6.87. The zero-order valence-electron chi connectivity index (χ0n) is 25.7. The number of aromatic nitrogens is 1. The highest BCUT2D eigenvalue weighted by Gasteiger charge is 2.31. The van der Waals surface area contributed by atoms with Gasteiger partial charge < -0.3 is 9.47 Å². The van der Waals surface area contributed by atoms with Gasteiger partial charge in [-0.05, 0) is 77.7 Å². The van der Waals surface area contributed by atoms with E-state index in [2.05, 4.69) is 177 Å². The van der Waals surface area contributed by atoms with Crippen molar-refractivity contribution < 1.29 is 4.90 Å². The molecule has 0 saturated carbocycles. The monoisotopic (exact) mass is 570 g/mol. The van der Waals surface area contributed by atoms with Gasteiger partial charge in [0, 0.05) is 51.2 Å². The van der Waals surface area contributed by atoms with Crippen LogP contribution in [-0.2, 0) is 5.41 Å². The minimum absolute atomic E-state index is 0.0910. The van der Waals surface area contributed by atoms with E-state index in [-0.39, 0.29) is 5.41 Å². The molecule has 8 rings (SSSR count). The van der Waals surface area contributed by atoms with Gasteiger partial charge >= 0.3 is 0 Å². The van der Waals surface area contributed by atoms with Crippen molar-refractivity contribution in [1.29, 1.82) is 0 Å². The molecule has 1 unspecified atom stereocenters. The molecule has 3 nitrogen and oxygen atoms in total. The largest absolute Gasteiger partial charge is 0.310 e. The number of anilines is 3. The highest BCUT2D eigenvalue weighted by molar-refractivity contribution is 6.10. The van der Waals surface area contributed by atoms with Gasteiger partial charge in [-0.25, -0.2) is 0 Å². The van der Waals surface area contributed by atoms with Crippen LogP contribution in [0.5, 0.6) is 0 Å². The smallest absolute Gasteiger partial charge is 0.144 e. The lowest BCUT2D eigenvalue weighted by molar-refractivity contribution is -0.731. The molecule has 1 aliphatic rings. The molecule has 1 N–H and O–H groups in total. The highest BCUT2D eigenvalue weighted by atomic mass is 15.2. The Morgan fingerprint density at radius 2 is 1.11 bits per heavy atom. The number of hydrogen-bond donors (Lipinski definition) is 1. The summed E-state index contributed by atoms with van der Waals surface area (Å²) in [7, 11) is 2.26. The molecule has 2 heterocycles. The van der Waals surface area contributed by atoms with E-state index in [1.807, 2.05) is 0 Å². The van der Waals surface area contributed by atoms with E-state index in [1.165, 1.54) is 60.5 Å². The van der Waals surface area contributed by atoms with Gasteiger partial charge in [0.15, 0.2) is 0 Å². The van der Waals surface area contributed by atoms with Crippen LogP contribution in [0.3, 0.4) is 0 Å². The molecular formula is C41H36N3+. The second-order valence-electron chi connectivity index (χ2n) is 12.9. The number of hydrogen-bond acceptors (Lipinski definition) is 1. The van der Waals surface area contributed by atoms with Crippen LogP contribution >= 0.6 is 0 Å². The van der Waals surface area contributed by atoms with E-state index in [9.17, 15) is 0 Å². The SMILES string of the molecule is C[NH+]1c2ccc(N(c3ccccc3)c3ccc4c(c3)c3ccccc3n4-c3ccccc3)cc2-c2cc(C(C)(C)C)ccc21. The molecule has 214 valence electrons. The molecule has 44 heavy (non-hydrogen) atoms. The normalized spacial score (nSPS) is 14.1. The number of nitrogens with one attached hydrogen (secondary N) is 1. The van der Waals surface area contributed by atoms with E-state index in [1.54, 1.807) is 0 Å². The minimum atomic E-state index is 0.0910. The number of rotatable bonds is 4. The first kappa shape index (κ1) is 26.5. The summed E-state index contributed by atoms with van der Waals surface area (Å²) in [5.41, 5.74) is 13.8. The maximum absolute atomic E-state index is 2.41. The van der Waals surface area contributed by atoms with Gasteiger partial charge in [0.05, 0.1) is 23.6 Å². The van der Waals surface area contributed by atoms with E-state index in [4.69, 9.17) is 0 Å². The Morgan fingerprint density at radius 3 is 1.86 bits per heavy atom. The third-order valence-corrected chi connectivity index (χ3v) is 9.19. The van der Waals surface area contributed by atoms with Crippen LogP contribution in [0.2, 0.25) is 0 Å². The van der Waals surface area contributed by atoms with Crippen molar-refractivity contribution in [2.45, 2.75) is 26.2 Å². The van der Waals surface area contributed by atoms with E-state index < -0.39 is 0 Å². The number of fused-ring (bicyclic) bond motifs is 6. The van der Waals surface area contributed by atoms with E-state index >= 15 is 0 Å². The molecule has 0 fully saturated rings. The van der Waals surface area contributed by atoms with Crippen molar-refractivity contribution in [2.24, 2.45) is 0 Å². The fourth-order valence-corrected chi connectivity index (χ4v) is 6.91. The van der Waals surface area contributed by atoms with Gasteiger partial charge in [-0.1, -0.05) is 81.4 Å². The Balaban J connectivity index is 1.33. The maximum Gasteiger partial charge on any atom is 0.144 e. The zero-order valence-corrected chi connectivity index (χ0v) is 25.7. The summed E-state index contributed by atoms with van der Waals surface area (Å²) in [5.74, 6) is 0. The van der Waals surface area contributed by atoms with E-state index in [0.29, 0.717) is 0 Å². The summed E-state index contributed by atoms with van der Waals surface area (Å²) in [5, 5.41) is 2.50. The van der Waals surface area contributed by atoms with Crippen LogP contribution in [0, 0.1) is 0 Å². The number of benzene rings is 6. The molecule has 1 atom stereocenters. The molecule has 0 amide bonds. The van der Waals surface area contributed by atoms with Crippen molar-refractivity contribution in [3.05, 3.63) is 145 Å². The molecule has 0 bridgehead atoms. The van der Waals surface area contributed by atoms with Gasteiger partial charge in [0.2, 0.25) is 0 Å². The predicted octanol–water partition coefficient (Wildman–Crippen LogP) is 10.0. The van der Waals surface area contributed by atoms with Gasteiger partial charge in [0.1, 0.15) is 11.4 Å². The maximum atomic E-state index is 2.41. The zero-order chi connectivity index (χ0) is 30.0. The fraction of sp³-hybridized carbons (Fsp3) is 0.122. The van der Waals surface area contributed by atoms with Gasteiger partial charge in [0.25, 0.3) is 0 Å². The second-order valence-corrected chi connectivity index (χ2v) is 12.9. The lowest BCUT2D eigenvalue weighted by Crippen LogP contribution is -2.97. The first-order chi connectivity index (χ1) is 21.4. The topological polar surface area (TPSA) is 12.6 Å². The third-order valence-electron chi connectivity index (χ3n) is 9.19. The quantitative estimate of drug-likeness (QED) is 0.222. The van der Waals surface area contributed by atoms with Crippen LogP contribution in [0.4, 0.5) is 28.4 Å². The molecule has 3 heteroatoms. The van der Waals surface area contributed by atoms with Gasteiger partial charge in [-0.3, -0.25) is 4.90 Å². The van der Waals surface area contributed by atoms with Crippen molar-refractivity contribution in [3.63, 3.8) is 0 Å². The Hall–Kier alpha value is -5.12. The fourth-order valence-electron chi connectivity index (χ4n) is 6.91. The van der Waals surface area contributed by atoms with Crippen LogP contribution < -0.4 is 9.80 Å². The Morgan fingerprint density at radius 1 is 0.523 bits per heavy atom. The standard InChI is InChI=1S/C41H35N3/c1-41(2,3)28-19-22-37-34(25-28)36-27-31(20-23-38(36)42(37)4)43(29-13-7-5-8-14-29)32-21-24-40-35(26-32)33-17-11-12-18-39(33)44(40)30-15-9-6-10-16-30/h5-27H,1-4H3/p+1. The summed E-state index contributed by atoms with van der Waals surface area (Å²) in [4.78, 5) is 3.75. The first-order valence-electron chi connectivity index (χ1n) is 15.5. The third kappa shape index (κ3) is 4.16. The van der Waals surface area contributed by atoms with Crippen LogP contribution in [0.25, 0.3) is 38.6 Å². The predicted molar refractivity (Wildman–Crippen MR) is 186 cm³/mol. The molecule has 0 radical (unpaired) electrons. The van der Waals surface area contributed by atoms with Gasteiger partial charge in [-0.2, -0.15) is 0 Å². The molecule has 1 aliphatic heterocycles. The average Bonchev–Trinajstić information content (AvgIpc) is 3.53. The van der Waals surface area contributed by atoms with Crippen molar-refractivity contribution >= 4 is 50.2 Å². The molecule has 6 aromatic carbocycles. The van der Waals surface area contributed by atoms with Crippen molar-refractivity contribution in [1.82, 2.24) is 4.57 Å². The van der Waals surface area contributed by atoms with Gasteiger partial charge in [-0.15, -0.1) is 0 Å². The summed E-state index contributed by atoms with van der Waals surface area (Å²) in [6, 6.07) is 51.0. The number of quaternary nitrogens is 1. The molecule has 0 aliphatic carbocycles. The molecule has 1 aromatic heterocycles. The van der Waals surface area contributed by atoms with Crippen LogP contribution in [0.1, 0.15) is 26.3 Å². The second kappa shape index (κ2) is 9.97. The summed E-state index contributed by atoms with van der Waals surface area (Å²) >= 11 is 0. The Kier molecular flexibility index (Phi) is 6.01. The molecule has 0 saturated heterocycles. The average molecular weight is 571 g/mol. The number of para-hydroxylation sites is 3. The highest BCUT2D eigenvalue weighted by Crippen LogP contribution is 2.45. The minimum Gasteiger partial charge on any atom is -0.310 e. The number of nitrogens with zero attached hydrogens (tertiary/aromatic N) is 2. The lowest BCUT2D eigenvalue weighted by Gasteiger charge is -2.26. The first-order valence-corrected chi connectivity index (χ1v) is 15.5. The molecule has 7 aromatic rings. The van der Waals surface area contributed by atoms with Crippen molar-refractivity contribution in [3.8, 4) is 16.8 Å². The Bertz CT molecular complexity index is 2170. The molecule has 0 spiro atoms. The lowest BCUT2D eigenvalue weighted by atomic mass is 9.85. The summed E-state index contributed by atoms with van der Waals surface area (Å²) < 4.78 is 2.37. The molecular weight excluding hydrogens is 534 g/mol. The van der Waals surface area contributed by atoms with Crippen molar-refractivity contribution in [2.75, 3.05) is 11.9 Å². The van der Waals surface area contributed by atoms with Crippen LogP contribution in [0.15, 0.2) is 140 Å². The van der Waals surface area contributed by atoms with Crippen LogP contribution in [-0.4, -0.2) is 11.6 Å². The van der Waals surface area contributed by atoms with E-state index in [0.717, 1.165) is 17.1 Å².